The fourth-order valence-electron chi connectivity index (χ4n) is 5.09. The average Bonchev–Trinajstić information content (AvgIpc) is 3.12. The summed E-state index contributed by atoms with van der Waals surface area (Å²) in [5.41, 5.74) is -2.36. The van der Waals surface area contributed by atoms with Crippen LogP contribution in [-0.4, -0.2) is 41.3 Å². The summed E-state index contributed by atoms with van der Waals surface area (Å²) in [5.74, 6) is -0.872. The first-order chi connectivity index (χ1) is 15.8. The Labute approximate surface area is 192 Å². The summed E-state index contributed by atoms with van der Waals surface area (Å²) in [6, 6.07) is 6.77. The van der Waals surface area contributed by atoms with Crippen molar-refractivity contribution in [2.75, 3.05) is 13.1 Å². The molecule has 5 atom stereocenters. The monoisotopic (exact) mass is 491 g/mol. The van der Waals surface area contributed by atoms with Crippen LogP contribution in [0.3, 0.4) is 0 Å². The molecule has 2 aromatic rings. The zero-order chi connectivity index (χ0) is 24.8. The number of ether oxygens (including phenoxy) is 1. The van der Waals surface area contributed by atoms with Crippen molar-refractivity contribution in [3.8, 4) is 0 Å². The van der Waals surface area contributed by atoms with Gasteiger partial charge in [0.1, 0.15) is 5.82 Å². The van der Waals surface area contributed by atoms with Gasteiger partial charge in [-0.2, -0.15) is 26.3 Å². The Morgan fingerprint density at radius 2 is 1.56 bits per heavy atom. The van der Waals surface area contributed by atoms with Gasteiger partial charge >= 0.3 is 12.4 Å². The normalized spacial score (nSPS) is 27.0. The van der Waals surface area contributed by atoms with Crippen molar-refractivity contribution in [3.63, 3.8) is 0 Å². The first-order valence-corrected chi connectivity index (χ1v) is 11.0. The van der Waals surface area contributed by atoms with Gasteiger partial charge in [0, 0.05) is 18.5 Å². The molecule has 2 aliphatic heterocycles. The molecule has 2 aromatic carbocycles. The highest BCUT2D eigenvalue weighted by molar-refractivity contribution is 5.35. The number of hydrogen-bond acceptors (Lipinski definition) is 3. The molecule has 0 aromatic heterocycles. The van der Waals surface area contributed by atoms with Crippen molar-refractivity contribution in [1.29, 1.82) is 0 Å². The van der Waals surface area contributed by atoms with Gasteiger partial charge in [0.25, 0.3) is 0 Å². The Hall–Kier alpha value is -2.17. The molecule has 0 amide bonds. The zero-order valence-electron chi connectivity index (χ0n) is 18.2. The molecule has 0 radical (unpaired) electrons. The first-order valence-electron chi connectivity index (χ1n) is 11.0. The van der Waals surface area contributed by atoms with Gasteiger partial charge in [-0.15, -0.1) is 0 Å². The van der Waals surface area contributed by atoms with Crippen LogP contribution >= 0.6 is 0 Å². The molecule has 0 saturated carbocycles. The van der Waals surface area contributed by atoms with Crippen LogP contribution < -0.4 is 0 Å². The van der Waals surface area contributed by atoms with Gasteiger partial charge in [0.15, 0.2) is 0 Å². The molecule has 4 rings (SSSR count). The van der Waals surface area contributed by atoms with Gasteiger partial charge in [0.05, 0.1) is 29.4 Å². The molecule has 0 aliphatic carbocycles. The van der Waals surface area contributed by atoms with Crippen LogP contribution in [0.15, 0.2) is 42.5 Å². The number of nitrogens with zero attached hydrogens (tertiary/aromatic N) is 1. The minimum absolute atomic E-state index is 0.0870. The number of alkyl halides is 6. The largest absolute Gasteiger partial charge is 0.416 e. The Bertz CT molecular complexity index is 974. The van der Waals surface area contributed by atoms with Gasteiger partial charge in [-0.3, -0.25) is 4.90 Å². The maximum atomic E-state index is 13.5. The lowest BCUT2D eigenvalue weighted by Crippen LogP contribution is -2.46. The number of benzene rings is 2. The predicted molar refractivity (Wildman–Crippen MR) is 109 cm³/mol. The Morgan fingerprint density at radius 3 is 2.12 bits per heavy atom. The molecule has 1 unspecified atom stereocenters. The fraction of sp³-hybridized carbons (Fsp3) is 0.500. The molecule has 186 valence electrons. The van der Waals surface area contributed by atoms with Crippen LogP contribution in [-0.2, 0) is 17.1 Å². The van der Waals surface area contributed by atoms with Crippen molar-refractivity contribution >= 4 is 0 Å². The molecular weight excluding hydrogens is 467 g/mol. The van der Waals surface area contributed by atoms with Crippen molar-refractivity contribution < 1.29 is 40.6 Å². The van der Waals surface area contributed by atoms with Crippen molar-refractivity contribution in [3.05, 3.63) is 70.5 Å². The van der Waals surface area contributed by atoms with E-state index in [2.05, 4.69) is 0 Å². The van der Waals surface area contributed by atoms with E-state index in [1.54, 1.807) is 12.1 Å². The van der Waals surface area contributed by atoms with Crippen LogP contribution in [0.4, 0.5) is 30.7 Å². The highest BCUT2D eigenvalue weighted by Crippen LogP contribution is 2.43. The predicted octanol–water partition coefficient (Wildman–Crippen LogP) is 5.93. The van der Waals surface area contributed by atoms with Crippen LogP contribution in [0.1, 0.15) is 54.0 Å². The summed E-state index contributed by atoms with van der Waals surface area (Å²) < 4.78 is 99.3. The van der Waals surface area contributed by atoms with Crippen LogP contribution in [0.5, 0.6) is 0 Å². The standard InChI is InChI=1S/C24H24F7NO2/c1-13(15-9-16(23(26,27)28)11-17(10-15)24(29,30)31)34-20-12-32-8-2-3-19(33)22(32)21(20)14-4-6-18(25)7-5-14/h4-7,9-11,13,19-22,33H,2-3,8,12H2,1H3/t13-,19?,20+,21-,22+/m1/s1. The lowest BCUT2D eigenvalue weighted by molar-refractivity contribution is -0.143. The van der Waals surface area contributed by atoms with Crippen molar-refractivity contribution in [2.45, 2.75) is 62.4 Å². The lowest BCUT2D eigenvalue weighted by Gasteiger charge is -2.36. The third-order valence-corrected chi connectivity index (χ3v) is 6.66. The summed E-state index contributed by atoms with van der Waals surface area (Å²) in [4.78, 5) is 2.02. The van der Waals surface area contributed by atoms with E-state index in [0.29, 0.717) is 37.2 Å². The van der Waals surface area contributed by atoms with E-state index in [4.69, 9.17) is 4.74 Å². The van der Waals surface area contributed by atoms with Crippen molar-refractivity contribution in [1.82, 2.24) is 4.90 Å². The molecular formula is C24H24F7NO2. The third-order valence-electron chi connectivity index (χ3n) is 6.66. The summed E-state index contributed by atoms with van der Waals surface area (Å²) >= 11 is 0. The van der Waals surface area contributed by atoms with E-state index in [1.165, 1.54) is 19.1 Å². The summed E-state index contributed by atoms with van der Waals surface area (Å²) in [7, 11) is 0. The second-order valence-corrected chi connectivity index (χ2v) is 8.93. The molecule has 0 bridgehead atoms. The summed E-state index contributed by atoms with van der Waals surface area (Å²) in [5, 5.41) is 10.7. The van der Waals surface area contributed by atoms with E-state index in [-0.39, 0.29) is 17.7 Å². The van der Waals surface area contributed by atoms with Gasteiger partial charge in [-0.1, -0.05) is 12.1 Å². The highest BCUT2D eigenvalue weighted by atomic mass is 19.4. The molecule has 10 heteroatoms. The van der Waals surface area contributed by atoms with E-state index in [1.807, 2.05) is 4.90 Å². The van der Waals surface area contributed by atoms with E-state index in [9.17, 15) is 35.8 Å². The van der Waals surface area contributed by atoms with Gasteiger partial charge < -0.3 is 9.84 Å². The van der Waals surface area contributed by atoms with Crippen LogP contribution in [0.25, 0.3) is 0 Å². The number of aliphatic hydroxyl groups is 1. The molecule has 2 fully saturated rings. The first kappa shape index (κ1) is 24.9. The molecule has 2 aliphatic rings. The quantitative estimate of drug-likeness (QED) is 0.538. The molecule has 1 N–H and O–H groups in total. The van der Waals surface area contributed by atoms with Gasteiger partial charge in [0.2, 0.25) is 0 Å². The lowest BCUT2D eigenvalue weighted by atomic mass is 9.84. The minimum atomic E-state index is -4.95. The fourth-order valence-corrected chi connectivity index (χ4v) is 5.09. The minimum Gasteiger partial charge on any atom is -0.391 e. The smallest absolute Gasteiger partial charge is 0.391 e. The molecule has 0 spiro atoms. The summed E-state index contributed by atoms with van der Waals surface area (Å²) in [6.07, 6.45) is -11.0. The second-order valence-electron chi connectivity index (χ2n) is 8.93. The molecule has 34 heavy (non-hydrogen) atoms. The maximum Gasteiger partial charge on any atom is 0.416 e. The topological polar surface area (TPSA) is 32.7 Å². The molecule has 2 heterocycles. The number of halogens is 7. The zero-order valence-corrected chi connectivity index (χ0v) is 18.2. The van der Waals surface area contributed by atoms with E-state index >= 15 is 0 Å². The molecule has 2 saturated heterocycles. The van der Waals surface area contributed by atoms with Crippen molar-refractivity contribution in [2.24, 2.45) is 0 Å². The number of fused-ring (bicyclic) bond motifs is 1. The van der Waals surface area contributed by atoms with E-state index < -0.39 is 53.5 Å². The van der Waals surface area contributed by atoms with Gasteiger partial charge in [-0.25, -0.2) is 4.39 Å². The summed E-state index contributed by atoms with van der Waals surface area (Å²) in [6.45, 7) is 2.43. The highest BCUT2D eigenvalue weighted by Gasteiger charge is 2.48. The number of piperidine rings is 1. The van der Waals surface area contributed by atoms with E-state index in [0.717, 1.165) is 6.42 Å². The number of hydrogen-bond donors (Lipinski definition) is 1. The molecule has 3 nitrogen and oxygen atoms in total. The number of aliphatic hydroxyl groups excluding tert-OH is 1. The maximum absolute atomic E-state index is 13.5. The Kier molecular flexibility index (Phi) is 6.69. The van der Waals surface area contributed by atoms with Crippen LogP contribution in [0, 0.1) is 5.82 Å². The SMILES string of the molecule is C[C@@H](O[C@H]1CN2CCCC(O)[C@H]2[C@@H]1c1ccc(F)cc1)c1cc(C(F)(F)F)cc(C(F)(F)F)c1. The Morgan fingerprint density at radius 1 is 0.971 bits per heavy atom. The number of rotatable bonds is 4. The third kappa shape index (κ3) is 5.08. The second kappa shape index (κ2) is 9.13. The Balaban J connectivity index is 1.67. The van der Waals surface area contributed by atoms with Gasteiger partial charge in [-0.05, 0) is 67.8 Å². The average molecular weight is 491 g/mol. The van der Waals surface area contributed by atoms with Crippen LogP contribution in [0.2, 0.25) is 0 Å².